The molecule has 0 bridgehead atoms. The molecule has 0 fully saturated rings. The van der Waals surface area contributed by atoms with Gasteiger partial charge in [-0.1, -0.05) is 23.7 Å². The third-order valence-electron chi connectivity index (χ3n) is 5.37. The first kappa shape index (κ1) is 23.7. The molecule has 0 spiro atoms. The van der Waals surface area contributed by atoms with Crippen LogP contribution in [0.3, 0.4) is 0 Å². The molecule has 0 unspecified atom stereocenters. The number of hydrogen-bond acceptors (Lipinski definition) is 5. The number of carboxylic acid groups (broad SMARTS) is 1. The molecule has 0 radical (unpaired) electrons. The van der Waals surface area contributed by atoms with Crippen LogP contribution in [0.15, 0.2) is 48.7 Å². The monoisotopic (exact) mass is 491 g/mol. The van der Waals surface area contributed by atoms with E-state index in [0.717, 1.165) is 12.1 Å². The van der Waals surface area contributed by atoms with Gasteiger partial charge in [0.25, 0.3) is 0 Å². The van der Waals surface area contributed by atoms with E-state index in [1.807, 2.05) is 0 Å². The summed E-state index contributed by atoms with van der Waals surface area (Å²) in [4.78, 5) is 19.2. The summed E-state index contributed by atoms with van der Waals surface area (Å²) in [5.74, 6) is -2.05. The zero-order valence-electron chi connectivity index (χ0n) is 17.5. The van der Waals surface area contributed by atoms with Crippen LogP contribution in [0.5, 0.6) is 5.88 Å². The van der Waals surface area contributed by atoms with Gasteiger partial charge < -0.3 is 14.6 Å². The molecule has 4 rings (SSSR count). The van der Waals surface area contributed by atoms with Gasteiger partial charge in [0.2, 0.25) is 5.88 Å². The Morgan fingerprint density at radius 1 is 1.12 bits per heavy atom. The van der Waals surface area contributed by atoms with Gasteiger partial charge in [-0.05, 0) is 60.7 Å². The van der Waals surface area contributed by atoms with Crippen molar-refractivity contribution in [1.82, 2.24) is 9.97 Å². The van der Waals surface area contributed by atoms with Crippen molar-refractivity contribution in [3.05, 3.63) is 87.6 Å². The second kappa shape index (κ2) is 9.42. The number of benzene rings is 1. The molecule has 0 amide bonds. The van der Waals surface area contributed by atoms with Crippen LogP contribution in [0.4, 0.5) is 17.6 Å². The maximum Gasteiger partial charge on any atom is 0.417 e. The summed E-state index contributed by atoms with van der Waals surface area (Å²) in [6, 6.07) is 9.03. The molecule has 5 nitrogen and oxygen atoms in total. The van der Waals surface area contributed by atoms with E-state index >= 15 is 0 Å². The van der Waals surface area contributed by atoms with Crippen molar-refractivity contribution in [3.8, 4) is 5.88 Å². The van der Waals surface area contributed by atoms with Crippen molar-refractivity contribution in [1.29, 1.82) is 0 Å². The number of alkyl halides is 3. The maximum atomic E-state index is 13.5. The number of allylic oxidation sites excluding steroid dienone is 2. The second-order valence-electron chi connectivity index (χ2n) is 7.61. The van der Waals surface area contributed by atoms with E-state index in [0.29, 0.717) is 47.9 Å². The Hall–Kier alpha value is -3.46. The van der Waals surface area contributed by atoms with Crippen molar-refractivity contribution < 1.29 is 32.2 Å². The smallest absolute Gasteiger partial charge is 0.417 e. The van der Waals surface area contributed by atoms with Crippen LogP contribution in [-0.2, 0) is 12.8 Å². The lowest BCUT2D eigenvalue weighted by molar-refractivity contribution is -0.255. The van der Waals surface area contributed by atoms with E-state index in [4.69, 9.17) is 16.3 Å². The summed E-state index contributed by atoms with van der Waals surface area (Å²) < 4.78 is 59.4. The van der Waals surface area contributed by atoms with Gasteiger partial charge in [0.05, 0.1) is 27.9 Å². The molecule has 0 aliphatic heterocycles. The minimum absolute atomic E-state index is 0.0566. The summed E-state index contributed by atoms with van der Waals surface area (Å²) in [5.41, 5.74) is 0.793. The summed E-state index contributed by atoms with van der Waals surface area (Å²) in [6.07, 6.45) is -2.43. The fraction of sp³-hybridized carbons (Fsp3) is 0.208. The highest BCUT2D eigenvalue weighted by molar-refractivity contribution is 6.31. The van der Waals surface area contributed by atoms with Gasteiger partial charge in [-0.3, -0.25) is 0 Å². The van der Waals surface area contributed by atoms with Crippen molar-refractivity contribution in [2.24, 2.45) is 0 Å². The number of aromatic carboxylic acids is 1. The number of carboxylic acids is 1. The lowest BCUT2D eigenvalue weighted by Gasteiger charge is -2.16. The molecule has 10 heteroatoms. The minimum atomic E-state index is -4.63. The van der Waals surface area contributed by atoms with E-state index < -0.39 is 23.5 Å². The first-order chi connectivity index (χ1) is 16.1. The van der Waals surface area contributed by atoms with Gasteiger partial charge >= 0.3 is 6.18 Å². The van der Waals surface area contributed by atoms with Crippen molar-refractivity contribution >= 4 is 28.7 Å². The van der Waals surface area contributed by atoms with Crippen LogP contribution in [-0.4, -0.2) is 15.9 Å². The number of rotatable bonds is 6. The Labute approximate surface area is 196 Å². The molecule has 2 heterocycles. The van der Waals surface area contributed by atoms with E-state index in [9.17, 15) is 27.5 Å². The maximum absolute atomic E-state index is 13.5. The van der Waals surface area contributed by atoms with Gasteiger partial charge in [-0.2, -0.15) is 13.2 Å². The topological polar surface area (TPSA) is 75.1 Å². The number of hydrogen-bond donors (Lipinski definition) is 0. The molecular weight excluding hydrogens is 476 g/mol. The van der Waals surface area contributed by atoms with Crippen molar-refractivity contribution in [2.75, 3.05) is 0 Å². The summed E-state index contributed by atoms with van der Waals surface area (Å²) in [6.45, 7) is -0.147. The van der Waals surface area contributed by atoms with E-state index in [-0.39, 0.29) is 28.8 Å². The highest BCUT2D eigenvalue weighted by Crippen LogP contribution is 2.43. The number of aromatic nitrogens is 2. The molecule has 1 aliphatic carbocycles. The first-order valence-electron chi connectivity index (χ1n) is 10.2. The van der Waals surface area contributed by atoms with Crippen LogP contribution >= 0.6 is 11.6 Å². The van der Waals surface area contributed by atoms with Crippen LogP contribution in [0.25, 0.3) is 11.1 Å². The summed E-state index contributed by atoms with van der Waals surface area (Å²) in [5, 5.41) is 11.3. The van der Waals surface area contributed by atoms with Gasteiger partial charge in [-0.25, -0.2) is 14.4 Å². The number of ether oxygens (including phenoxy) is 1. The normalized spacial score (nSPS) is 13.9. The van der Waals surface area contributed by atoms with Crippen LogP contribution in [0.1, 0.15) is 52.1 Å². The molecule has 176 valence electrons. The van der Waals surface area contributed by atoms with E-state index in [1.165, 1.54) is 24.3 Å². The van der Waals surface area contributed by atoms with Gasteiger partial charge in [0.15, 0.2) is 0 Å². The molecule has 0 N–H and O–H groups in total. The number of pyridine rings is 2. The standard InChI is InChI=1S/C24H17ClF4N2O3/c25-19-10-15(26)8-7-13(19)12-34-22-18(9-14(11-30-22)24(27,28)29)16-3-1-4-17(16)20-5-2-6-21(31-20)23(32)33/h2,5-11H,1,3-4,12H2,(H,32,33)/p-1. The molecule has 0 saturated carbocycles. The molecule has 2 aromatic heterocycles. The number of nitrogens with zero attached hydrogens (tertiary/aromatic N) is 2. The Morgan fingerprint density at radius 3 is 2.59 bits per heavy atom. The molecule has 1 aromatic carbocycles. The lowest BCUT2D eigenvalue weighted by Crippen LogP contribution is -2.23. The predicted molar refractivity (Wildman–Crippen MR) is 114 cm³/mol. The molecule has 1 aliphatic rings. The molecule has 0 atom stereocenters. The molecule has 34 heavy (non-hydrogen) atoms. The predicted octanol–water partition coefficient (Wildman–Crippen LogP) is 5.33. The van der Waals surface area contributed by atoms with Crippen LogP contribution < -0.4 is 9.84 Å². The zero-order valence-corrected chi connectivity index (χ0v) is 18.2. The fourth-order valence-electron chi connectivity index (χ4n) is 3.76. The van der Waals surface area contributed by atoms with E-state index in [2.05, 4.69) is 9.97 Å². The average molecular weight is 492 g/mol. The largest absolute Gasteiger partial charge is 0.543 e. The van der Waals surface area contributed by atoms with Crippen LogP contribution in [0.2, 0.25) is 5.02 Å². The van der Waals surface area contributed by atoms with Crippen molar-refractivity contribution in [2.45, 2.75) is 32.0 Å². The van der Waals surface area contributed by atoms with E-state index in [1.54, 1.807) is 6.07 Å². The quantitative estimate of drug-likeness (QED) is 0.436. The zero-order chi connectivity index (χ0) is 24.5. The second-order valence-corrected chi connectivity index (χ2v) is 8.01. The highest BCUT2D eigenvalue weighted by atomic mass is 35.5. The fourth-order valence-corrected chi connectivity index (χ4v) is 3.99. The van der Waals surface area contributed by atoms with Crippen molar-refractivity contribution in [3.63, 3.8) is 0 Å². The minimum Gasteiger partial charge on any atom is -0.543 e. The lowest BCUT2D eigenvalue weighted by atomic mass is 9.99. The molecule has 0 saturated heterocycles. The average Bonchev–Trinajstić information content (AvgIpc) is 3.27. The molecule has 3 aromatic rings. The van der Waals surface area contributed by atoms with Gasteiger partial charge in [0, 0.05) is 17.3 Å². The first-order valence-corrected chi connectivity index (χ1v) is 10.6. The Balaban J connectivity index is 1.78. The summed E-state index contributed by atoms with van der Waals surface area (Å²) >= 11 is 6.03. The Bertz CT molecular complexity index is 1290. The molecular formula is C24H16ClF4N2O3-. The summed E-state index contributed by atoms with van der Waals surface area (Å²) in [7, 11) is 0. The third kappa shape index (κ3) is 5.04. The Kier molecular flexibility index (Phi) is 6.56. The number of carbonyl (C=O) groups is 1. The number of carbonyl (C=O) groups excluding carboxylic acids is 1. The number of halogens is 5. The Morgan fingerprint density at radius 2 is 1.88 bits per heavy atom. The highest BCUT2D eigenvalue weighted by Gasteiger charge is 2.33. The SMILES string of the molecule is O=C([O-])c1cccc(C2=C(c3cc(C(F)(F)F)cnc3OCc3ccc(F)cc3Cl)CCC2)n1. The van der Waals surface area contributed by atoms with Gasteiger partial charge in [0.1, 0.15) is 12.4 Å². The van der Waals surface area contributed by atoms with Gasteiger partial charge in [-0.15, -0.1) is 0 Å². The van der Waals surface area contributed by atoms with Crippen LogP contribution in [0, 0.1) is 5.82 Å². The third-order valence-corrected chi connectivity index (χ3v) is 5.72.